The highest BCUT2D eigenvalue weighted by Gasteiger charge is 2.43. The Hall–Kier alpha value is -1.73. The van der Waals surface area contributed by atoms with Gasteiger partial charge in [-0.3, -0.25) is 0 Å². The fraction of sp³-hybridized carbons (Fsp3) is 0.688. The zero-order valence-corrected chi connectivity index (χ0v) is 14.2. The molecule has 7 heteroatoms. The molecule has 128 valence electrons. The third kappa shape index (κ3) is 3.61. The normalized spacial score (nSPS) is 16.9. The summed E-state index contributed by atoms with van der Waals surface area (Å²) in [6.45, 7) is 8.84. The number of carbonyl (C=O) groups is 1. The fourth-order valence-electron chi connectivity index (χ4n) is 2.44. The van der Waals surface area contributed by atoms with Crippen molar-refractivity contribution in [3.63, 3.8) is 0 Å². The Morgan fingerprint density at radius 2 is 1.91 bits per heavy atom. The van der Waals surface area contributed by atoms with Crippen LogP contribution < -0.4 is 4.90 Å². The Labute approximate surface area is 136 Å². The number of nitrogens with zero attached hydrogens (tertiary/aromatic N) is 3. The van der Waals surface area contributed by atoms with E-state index in [0.29, 0.717) is 18.9 Å². The lowest BCUT2D eigenvalue weighted by atomic mass is 9.81. The van der Waals surface area contributed by atoms with E-state index in [9.17, 15) is 15.0 Å². The summed E-state index contributed by atoms with van der Waals surface area (Å²) in [7, 11) is 0. The number of rotatable bonds is 5. The van der Waals surface area contributed by atoms with Crippen LogP contribution in [-0.4, -0.2) is 59.1 Å². The number of esters is 1. The molecule has 2 rings (SSSR count). The molecule has 0 radical (unpaired) electrons. The molecule has 1 fully saturated rings. The van der Waals surface area contributed by atoms with Crippen LogP contribution in [0, 0.1) is 5.41 Å². The quantitative estimate of drug-likeness (QED) is 0.772. The van der Waals surface area contributed by atoms with Crippen LogP contribution in [0.4, 0.5) is 5.82 Å². The summed E-state index contributed by atoms with van der Waals surface area (Å²) in [5, 5.41) is 18.8. The van der Waals surface area contributed by atoms with Crippen molar-refractivity contribution in [2.75, 3.05) is 37.8 Å². The Kier molecular flexibility index (Phi) is 4.91. The minimum atomic E-state index is -0.545. The monoisotopic (exact) mass is 323 g/mol. The third-order valence-electron chi connectivity index (χ3n) is 3.99. The highest BCUT2D eigenvalue weighted by Crippen LogP contribution is 2.34. The zero-order valence-electron chi connectivity index (χ0n) is 14.2. The van der Waals surface area contributed by atoms with Crippen LogP contribution in [0.3, 0.4) is 0 Å². The number of aliphatic hydroxyl groups excluding tert-OH is 2. The standard InChI is InChI=1S/C16H25N3O4/c1-5-23-14(22)13-17-11(15(2,3)4)6-12(18-13)19-7-16(8-19,9-20)10-21/h6,20-21H,5,7-10H2,1-4H3. The first-order valence-corrected chi connectivity index (χ1v) is 7.78. The van der Waals surface area contributed by atoms with E-state index in [1.807, 2.05) is 31.7 Å². The van der Waals surface area contributed by atoms with E-state index < -0.39 is 11.4 Å². The van der Waals surface area contributed by atoms with Crippen LogP contribution in [0.15, 0.2) is 6.07 Å². The average Bonchev–Trinajstić information content (AvgIpc) is 2.46. The molecule has 1 aliphatic rings. The van der Waals surface area contributed by atoms with Crippen molar-refractivity contribution < 1.29 is 19.7 Å². The van der Waals surface area contributed by atoms with Crippen molar-refractivity contribution in [2.45, 2.75) is 33.1 Å². The number of ether oxygens (including phenoxy) is 1. The molecule has 0 amide bonds. The summed E-state index contributed by atoms with van der Waals surface area (Å²) in [6, 6.07) is 1.85. The molecule has 1 saturated heterocycles. The van der Waals surface area contributed by atoms with E-state index in [4.69, 9.17) is 4.74 Å². The number of aromatic nitrogens is 2. The minimum Gasteiger partial charge on any atom is -0.460 e. The highest BCUT2D eigenvalue weighted by molar-refractivity contribution is 5.85. The van der Waals surface area contributed by atoms with E-state index in [-0.39, 0.29) is 31.1 Å². The fourth-order valence-corrected chi connectivity index (χ4v) is 2.44. The summed E-state index contributed by atoms with van der Waals surface area (Å²) in [5.74, 6) is 0.112. The predicted molar refractivity (Wildman–Crippen MR) is 85.5 cm³/mol. The largest absolute Gasteiger partial charge is 0.460 e. The maximum absolute atomic E-state index is 12.0. The van der Waals surface area contributed by atoms with E-state index in [0.717, 1.165) is 5.69 Å². The SMILES string of the molecule is CCOC(=O)c1nc(N2CC(CO)(CO)C2)cc(C(C)(C)C)n1. The maximum Gasteiger partial charge on any atom is 0.376 e. The van der Waals surface area contributed by atoms with E-state index in [2.05, 4.69) is 9.97 Å². The second-order valence-corrected chi connectivity index (χ2v) is 7.08. The summed E-state index contributed by atoms with van der Waals surface area (Å²) < 4.78 is 5.00. The van der Waals surface area contributed by atoms with Crippen molar-refractivity contribution in [1.82, 2.24) is 9.97 Å². The van der Waals surface area contributed by atoms with Gasteiger partial charge in [-0.05, 0) is 6.92 Å². The topological polar surface area (TPSA) is 95.8 Å². The van der Waals surface area contributed by atoms with Gasteiger partial charge in [0.1, 0.15) is 5.82 Å². The van der Waals surface area contributed by atoms with E-state index in [1.165, 1.54) is 0 Å². The molecule has 0 aliphatic carbocycles. The van der Waals surface area contributed by atoms with Crippen molar-refractivity contribution in [3.8, 4) is 0 Å². The number of aliphatic hydroxyl groups is 2. The van der Waals surface area contributed by atoms with Gasteiger partial charge < -0.3 is 19.8 Å². The zero-order chi connectivity index (χ0) is 17.3. The molecule has 0 atom stereocenters. The molecule has 1 aromatic heterocycles. The van der Waals surface area contributed by atoms with Gasteiger partial charge in [0.15, 0.2) is 0 Å². The van der Waals surface area contributed by atoms with Crippen LogP contribution in [0.25, 0.3) is 0 Å². The maximum atomic E-state index is 12.0. The Morgan fingerprint density at radius 3 is 2.39 bits per heavy atom. The first-order chi connectivity index (χ1) is 10.7. The van der Waals surface area contributed by atoms with Crippen molar-refractivity contribution in [2.24, 2.45) is 5.41 Å². The van der Waals surface area contributed by atoms with Gasteiger partial charge in [0.25, 0.3) is 0 Å². The van der Waals surface area contributed by atoms with Crippen LogP contribution >= 0.6 is 0 Å². The third-order valence-corrected chi connectivity index (χ3v) is 3.99. The molecule has 1 aliphatic heterocycles. The van der Waals surface area contributed by atoms with Gasteiger partial charge in [0.2, 0.25) is 5.82 Å². The number of hydrogen-bond acceptors (Lipinski definition) is 7. The highest BCUT2D eigenvalue weighted by atomic mass is 16.5. The Bertz CT molecular complexity index is 571. The molecule has 0 unspecified atom stereocenters. The first-order valence-electron chi connectivity index (χ1n) is 7.78. The van der Waals surface area contributed by atoms with Crippen LogP contribution in [0.5, 0.6) is 0 Å². The molecule has 23 heavy (non-hydrogen) atoms. The molecule has 0 aromatic carbocycles. The summed E-state index contributed by atoms with van der Waals surface area (Å²) in [4.78, 5) is 22.5. The molecule has 1 aromatic rings. The van der Waals surface area contributed by atoms with Gasteiger partial charge in [-0.25, -0.2) is 14.8 Å². The number of hydrogen-bond donors (Lipinski definition) is 2. The van der Waals surface area contributed by atoms with Crippen LogP contribution in [0.2, 0.25) is 0 Å². The van der Waals surface area contributed by atoms with Gasteiger partial charge >= 0.3 is 5.97 Å². The predicted octanol–water partition coefficient (Wildman–Crippen LogP) is 0.742. The number of anilines is 1. The molecular formula is C16H25N3O4. The van der Waals surface area contributed by atoms with Gasteiger partial charge in [-0.2, -0.15) is 0 Å². The van der Waals surface area contributed by atoms with Crippen molar-refractivity contribution in [3.05, 3.63) is 17.6 Å². The van der Waals surface area contributed by atoms with Crippen LogP contribution in [0.1, 0.15) is 44.0 Å². The lowest BCUT2D eigenvalue weighted by Crippen LogP contribution is -2.60. The first kappa shape index (κ1) is 17.6. The lowest BCUT2D eigenvalue weighted by Gasteiger charge is -2.49. The van der Waals surface area contributed by atoms with Gasteiger partial charge in [0.05, 0.1) is 30.9 Å². The van der Waals surface area contributed by atoms with Crippen LogP contribution in [-0.2, 0) is 10.2 Å². The van der Waals surface area contributed by atoms with Crippen molar-refractivity contribution >= 4 is 11.8 Å². The Morgan fingerprint density at radius 1 is 1.30 bits per heavy atom. The van der Waals surface area contributed by atoms with E-state index in [1.54, 1.807) is 6.92 Å². The Balaban J connectivity index is 2.33. The number of carbonyl (C=O) groups excluding carboxylic acids is 1. The second kappa shape index (κ2) is 6.41. The van der Waals surface area contributed by atoms with E-state index >= 15 is 0 Å². The molecule has 2 heterocycles. The molecule has 0 saturated carbocycles. The lowest BCUT2D eigenvalue weighted by molar-refractivity contribution is 0.0300. The molecular weight excluding hydrogens is 298 g/mol. The van der Waals surface area contributed by atoms with Gasteiger partial charge in [-0.15, -0.1) is 0 Å². The van der Waals surface area contributed by atoms with Gasteiger partial charge in [-0.1, -0.05) is 20.8 Å². The van der Waals surface area contributed by atoms with Gasteiger partial charge in [0, 0.05) is 24.6 Å². The van der Waals surface area contributed by atoms with Crippen molar-refractivity contribution in [1.29, 1.82) is 0 Å². The molecule has 2 N–H and O–H groups in total. The minimum absolute atomic E-state index is 0.0415. The second-order valence-electron chi connectivity index (χ2n) is 7.08. The smallest absolute Gasteiger partial charge is 0.376 e. The molecule has 7 nitrogen and oxygen atoms in total. The molecule has 0 bridgehead atoms. The summed E-state index contributed by atoms with van der Waals surface area (Å²) in [6.07, 6.45) is 0. The molecule has 0 spiro atoms. The average molecular weight is 323 g/mol. The summed E-state index contributed by atoms with van der Waals surface area (Å²) >= 11 is 0. The summed E-state index contributed by atoms with van der Waals surface area (Å²) in [5.41, 5.74) is 0.00208.